The van der Waals surface area contributed by atoms with Gasteiger partial charge >= 0.3 is 0 Å². The minimum absolute atomic E-state index is 0.0845. The van der Waals surface area contributed by atoms with Crippen molar-refractivity contribution in [2.75, 3.05) is 0 Å². The number of ether oxygens (including phenoxy) is 1. The van der Waals surface area contributed by atoms with E-state index in [1.165, 1.54) is 0 Å². The lowest BCUT2D eigenvalue weighted by atomic mass is 10.2. The Hall–Kier alpha value is -1.40. The topological polar surface area (TPSA) is 68.4 Å². The van der Waals surface area contributed by atoms with Crippen LogP contribution in [0.15, 0.2) is 27.1 Å². The molecule has 0 amide bonds. The molecule has 96 valence electrons. The van der Waals surface area contributed by atoms with Gasteiger partial charge in [0.15, 0.2) is 6.61 Å². The maximum absolute atomic E-state index is 9.23. The summed E-state index contributed by atoms with van der Waals surface area (Å²) in [4.78, 5) is 0. The number of benzene rings is 1. The van der Waals surface area contributed by atoms with E-state index >= 15 is 0 Å². The van der Waals surface area contributed by atoms with E-state index < -0.39 is 0 Å². The average Bonchev–Trinajstić information content (AvgIpc) is 2.85. The molecule has 0 radical (unpaired) electrons. The normalized spacial score (nSPS) is 10.6. The Morgan fingerprint density at radius 2 is 2.11 bits per heavy atom. The van der Waals surface area contributed by atoms with Gasteiger partial charge in [-0.1, -0.05) is 22.9 Å². The molecule has 0 spiro atoms. The molecule has 0 fully saturated rings. The Labute approximate surface area is 113 Å². The largest absolute Gasteiger partial charge is 0.483 e. The molecule has 0 bridgehead atoms. The van der Waals surface area contributed by atoms with Crippen LogP contribution in [0.2, 0.25) is 0 Å². The van der Waals surface area contributed by atoms with E-state index in [9.17, 15) is 5.11 Å². The van der Waals surface area contributed by atoms with Crippen molar-refractivity contribution in [3.63, 3.8) is 0 Å². The number of nitrogens with zero attached hydrogens (tertiary/aromatic N) is 2. The van der Waals surface area contributed by atoms with Crippen molar-refractivity contribution in [3.05, 3.63) is 40.0 Å². The number of aliphatic hydroxyl groups excluding tert-OH is 1. The van der Waals surface area contributed by atoms with Gasteiger partial charge in [-0.25, -0.2) is 0 Å². The molecule has 5 nitrogen and oxygen atoms in total. The Kier molecular flexibility index (Phi) is 4.33. The third-order valence-corrected chi connectivity index (χ3v) is 2.85. The first kappa shape index (κ1) is 13.0. The van der Waals surface area contributed by atoms with Crippen LogP contribution in [0.1, 0.15) is 24.3 Å². The van der Waals surface area contributed by atoms with Gasteiger partial charge in [0.25, 0.3) is 5.89 Å². The molecule has 0 unspecified atom stereocenters. The Balaban J connectivity index is 2.05. The number of hydrogen-bond acceptors (Lipinski definition) is 5. The summed E-state index contributed by atoms with van der Waals surface area (Å²) in [6, 6.07) is 5.44. The van der Waals surface area contributed by atoms with Gasteiger partial charge in [-0.2, -0.15) is 0 Å². The molecular weight excluding hydrogens is 300 g/mol. The van der Waals surface area contributed by atoms with Gasteiger partial charge in [0.05, 0.1) is 6.61 Å². The standard InChI is InChI=1S/C12H13BrN2O3/c1-2-11-14-15-12(18-11)7-17-10-4-3-9(13)5-8(10)6-16/h3-5,16H,2,6-7H2,1H3. The molecule has 18 heavy (non-hydrogen) atoms. The quantitative estimate of drug-likeness (QED) is 0.918. The molecule has 0 saturated carbocycles. The van der Waals surface area contributed by atoms with Crippen LogP contribution in [0.3, 0.4) is 0 Å². The molecule has 0 aliphatic carbocycles. The lowest BCUT2D eigenvalue weighted by Gasteiger charge is -2.08. The predicted octanol–water partition coefficient (Wildman–Crippen LogP) is 2.47. The molecule has 2 rings (SSSR count). The highest BCUT2D eigenvalue weighted by atomic mass is 79.9. The molecular formula is C12H13BrN2O3. The molecule has 0 saturated heterocycles. The zero-order valence-corrected chi connectivity index (χ0v) is 11.5. The number of aromatic nitrogens is 2. The van der Waals surface area contributed by atoms with Crippen LogP contribution < -0.4 is 4.74 Å². The molecule has 0 atom stereocenters. The zero-order valence-electron chi connectivity index (χ0n) is 9.89. The van der Waals surface area contributed by atoms with Gasteiger partial charge in [-0.3, -0.25) is 0 Å². The van der Waals surface area contributed by atoms with Crippen LogP contribution in [-0.4, -0.2) is 15.3 Å². The highest BCUT2D eigenvalue weighted by Gasteiger charge is 2.08. The minimum Gasteiger partial charge on any atom is -0.483 e. The number of aryl methyl sites for hydroxylation is 1. The smallest absolute Gasteiger partial charge is 0.253 e. The first-order valence-electron chi connectivity index (χ1n) is 5.56. The van der Waals surface area contributed by atoms with Crippen LogP contribution in [0, 0.1) is 0 Å². The van der Waals surface area contributed by atoms with Gasteiger partial charge in [0.1, 0.15) is 5.75 Å². The van der Waals surface area contributed by atoms with E-state index in [4.69, 9.17) is 9.15 Å². The molecule has 1 N–H and O–H groups in total. The van der Waals surface area contributed by atoms with Gasteiger partial charge < -0.3 is 14.3 Å². The van der Waals surface area contributed by atoms with E-state index in [-0.39, 0.29) is 13.2 Å². The first-order valence-corrected chi connectivity index (χ1v) is 6.35. The summed E-state index contributed by atoms with van der Waals surface area (Å²) >= 11 is 3.34. The molecule has 1 aromatic carbocycles. The van der Waals surface area contributed by atoms with Crippen molar-refractivity contribution < 1.29 is 14.3 Å². The van der Waals surface area contributed by atoms with Crippen molar-refractivity contribution in [2.45, 2.75) is 26.6 Å². The minimum atomic E-state index is -0.0845. The van der Waals surface area contributed by atoms with Crippen LogP contribution in [0.5, 0.6) is 5.75 Å². The second-order valence-corrected chi connectivity index (χ2v) is 4.56. The molecule has 0 aliphatic rings. The zero-order chi connectivity index (χ0) is 13.0. The molecule has 1 heterocycles. The van der Waals surface area contributed by atoms with Gasteiger partial charge in [-0.15, -0.1) is 10.2 Å². The molecule has 2 aromatic rings. The number of rotatable bonds is 5. The van der Waals surface area contributed by atoms with Crippen molar-refractivity contribution in [3.8, 4) is 5.75 Å². The second kappa shape index (κ2) is 5.97. The first-order chi connectivity index (χ1) is 8.72. The molecule has 0 aliphatic heterocycles. The van der Waals surface area contributed by atoms with Crippen molar-refractivity contribution >= 4 is 15.9 Å². The highest BCUT2D eigenvalue weighted by molar-refractivity contribution is 9.10. The highest BCUT2D eigenvalue weighted by Crippen LogP contribution is 2.24. The average molecular weight is 313 g/mol. The lowest BCUT2D eigenvalue weighted by Crippen LogP contribution is -1.99. The lowest BCUT2D eigenvalue weighted by molar-refractivity contribution is 0.239. The summed E-state index contributed by atoms with van der Waals surface area (Å²) < 4.78 is 11.8. The summed E-state index contributed by atoms with van der Waals surface area (Å²) in [5, 5.41) is 16.9. The van der Waals surface area contributed by atoms with E-state index in [1.807, 2.05) is 13.0 Å². The maximum atomic E-state index is 9.23. The fourth-order valence-corrected chi connectivity index (χ4v) is 1.85. The summed E-state index contributed by atoms with van der Waals surface area (Å²) in [5.41, 5.74) is 0.708. The van der Waals surface area contributed by atoms with Crippen LogP contribution in [0.25, 0.3) is 0 Å². The van der Waals surface area contributed by atoms with Gasteiger partial charge in [0.2, 0.25) is 5.89 Å². The fourth-order valence-electron chi connectivity index (χ4n) is 1.44. The SMILES string of the molecule is CCc1nnc(COc2ccc(Br)cc2CO)o1. The third-order valence-electron chi connectivity index (χ3n) is 2.36. The predicted molar refractivity (Wildman–Crippen MR) is 68.1 cm³/mol. The number of hydrogen-bond donors (Lipinski definition) is 1. The Morgan fingerprint density at radius 3 is 2.78 bits per heavy atom. The number of aliphatic hydroxyl groups is 1. The van der Waals surface area contributed by atoms with E-state index in [0.717, 1.165) is 4.47 Å². The van der Waals surface area contributed by atoms with Crippen molar-refractivity contribution in [1.29, 1.82) is 0 Å². The summed E-state index contributed by atoms with van der Waals surface area (Å²) in [7, 11) is 0. The Morgan fingerprint density at radius 1 is 1.33 bits per heavy atom. The van der Waals surface area contributed by atoms with Crippen molar-refractivity contribution in [2.24, 2.45) is 0 Å². The van der Waals surface area contributed by atoms with Crippen LogP contribution in [0.4, 0.5) is 0 Å². The Bertz CT molecular complexity index is 528. The van der Waals surface area contributed by atoms with E-state index in [1.54, 1.807) is 12.1 Å². The monoisotopic (exact) mass is 312 g/mol. The summed E-state index contributed by atoms with van der Waals surface area (Å²) in [5.74, 6) is 1.63. The fraction of sp³-hybridized carbons (Fsp3) is 0.333. The van der Waals surface area contributed by atoms with Crippen LogP contribution in [-0.2, 0) is 19.6 Å². The van der Waals surface area contributed by atoms with Crippen molar-refractivity contribution in [1.82, 2.24) is 10.2 Å². The molecule has 1 aromatic heterocycles. The van der Waals surface area contributed by atoms with E-state index in [2.05, 4.69) is 26.1 Å². The van der Waals surface area contributed by atoms with Gasteiger partial charge in [0, 0.05) is 16.5 Å². The number of halogens is 1. The summed E-state index contributed by atoms with van der Waals surface area (Å²) in [6.45, 7) is 2.05. The summed E-state index contributed by atoms with van der Waals surface area (Å²) in [6.07, 6.45) is 0.702. The van der Waals surface area contributed by atoms with Gasteiger partial charge in [-0.05, 0) is 18.2 Å². The maximum Gasteiger partial charge on any atom is 0.253 e. The second-order valence-electron chi connectivity index (χ2n) is 3.64. The third kappa shape index (κ3) is 3.08. The van der Waals surface area contributed by atoms with Crippen LogP contribution >= 0.6 is 15.9 Å². The van der Waals surface area contributed by atoms with E-state index in [0.29, 0.717) is 29.5 Å². The molecule has 6 heteroatoms.